The van der Waals surface area contributed by atoms with Crippen molar-refractivity contribution in [2.45, 2.75) is 31.8 Å². The van der Waals surface area contributed by atoms with Crippen molar-refractivity contribution in [3.8, 4) is 6.07 Å². The van der Waals surface area contributed by atoms with Crippen LogP contribution in [-0.4, -0.2) is 10.7 Å². The monoisotopic (exact) mass is 151 g/mol. The lowest BCUT2D eigenvalue weighted by molar-refractivity contribution is -0.00816. The molecule has 2 aliphatic carbocycles. The van der Waals surface area contributed by atoms with Gasteiger partial charge in [-0.3, -0.25) is 0 Å². The first-order valence-electron chi connectivity index (χ1n) is 4.25. The predicted octanol–water partition coefficient (Wildman–Crippen LogP) is 1.31. The highest BCUT2D eigenvalue weighted by molar-refractivity contribution is 5.08. The second-order valence-electron chi connectivity index (χ2n) is 4.24. The summed E-state index contributed by atoms with van der Waals surface area (Å²) in [6.45, 7) is 1.88. The van der Waals surface area contributed by atoms with E-state index in [1.54, 1.807) is 0 Å². The van der Waals surface area contributed by atoms with Gasteiger partial charge in [0.05, 0.1) is 17.6 Å². The Morgan fingerprint density at radius 1 is 1.55 bits per heavy atom. The minimum absolute atomic E-state index is 0.128. The summed E-state index contributed by atoms with van der Waals surface area (Å²) in [5.74, 6) is 1.01. The van der Waals surface area contributed by atoms with Crippen molar-refractivity contribution in [1.82, 2.24) is 0 Å². The molecule has 2 aliphatic rings. The molecular formula is C9H13NO. The Labute approximate surface area is 66.8 Å². The van der Waals surface area contributed by atoms with Crippen LogP contribution in [0.15, 0.2) is 0 Å². The van der Waals surface area contributed by atoms with E-state index in [1.165, 1.54) is 0 Å². The first kappa shape index (κ1) is 7.12. The fraction of sp³-hybridized carbons (Fsp3) is 0.889. The molecule has 2 rings (SSSR count). The summed E-state index contributed by atoms with van der Waals surface area (Å²) in [6.07, 6.45) is 3.01. The van der Waals surface area contributed by atoms with Gasteiger partial charge in [-0.2, -0.15) is 5.26 Å². The lowest BCUT2D eigenvalue weighted by Gasteiger charge is -2.30. The van der Waals surface area contributed by atoms with Gasteiger partial charge in [-0.25, -0.2) is 0 Å². The Hall–Kier alpha value is -0.550. The first-order chi connectivity index (χ1) is 5.13. The minimum atomic E-state index is -0.538. The third kappa shape index (κ3) is 0.877. The summed E-state index contributed by atoms with van der Waals surface area (Å²) in [5, 5.41) is 18.6. The van der Waals surface area contributed by atoms with Gasteiger partial charge in [0.15, 0.2) is 0 Å². The van der Waals surface area contributed by atoms with Crippen molar-refractivity contribution in [1.29, 1.82) is 5.26 Å². The summed E-state index contributed by atoms with van der Waals surface area (Å²) in [4.78, 5) is 0. The zero-order valence-electron chi connectivity index (χ0n) is 6.75. The molecule has 2 bridgehead atoms. The Balaban J connectivity index is 2.22. The fourth-order valence-corrected chi connectivity index (χ4v) is 2.88. The highest BCUT2D eigenvalue weighted by Gasteiger charge is 2.52. The molecule has 2 fully saturated rings. The van der Waals surface area contributed by atoms with E-state index in [9.17, 15) is 5.11 Å². The van der Waals surface area contributed by atoms with Crippen molar-refractivity contribution in [2.24, 2.45) is 17.8 Å². The van der Waals surface area contributed by atoms with Crippen LogP contribution in [0.25, 0.3) is 0 Å². The number of hydrogen-bond donors (Lipinski definition) is 1. The van der Waals surface area contributed by atoms with E-state index in [1.807, 2.05) is 6.92 Å². The number of nitrogens with zero attached hydrogens (tertiary/aromatic N) is 1. The van der Waals surface area contributed by atoms with E-state index in [0.29, 0.717) is 5.92 Å². The molecule has 2 heteroatoms. The van der Waals surface area contributed by atoms with Crippen LogP contribution in [0.4, 0.5) is 0 Å². The molecule has 0 aromatic rings. The predicted molar refractivity (Wildman–Crippen MR) is 40.6 cm³/mol. The Bertz CT molecular complexity index is 216. The molecule has 0 spiro atoms. The quantitative estimate of drug-likeness (QED) is 0.567. The molecule has 0 aromatic carbocycles. The third-order valence-corrected chi connectivity index (χ3v) is 3.33. The Kier molecular flexibility index (Phi) is 1.28. The van der Waals surface area contributed by atoms with Gasteiger partial charge in [0, 0.05) is 5.92 Å². The van der Waals surface area contributed by atoms with Gasteiger partial charge in [0.2, 0.25) is 0 Å². The lowest BCUT2D eigenvalue weighted by Crippen LogP contribution is -2.35. The number of fused-ring (bicyclic) bond motifs is 2. The van der Waals surface area contributed by atoms with E-state index in [2.05, 4.69) is 6.07 Å². The summed E-state index contributed by atoms with van der Waals surface area (Å²) < 4.78 is 0. The standard InChI is InChI=1S/C9H13NO/c1-9(11)4-6-2-7(5-10)8(9)3-6/h6-8,11H,2-4H2,1H3. The molecule has 11 heavy (non-hydrogen) atoms. The van der Waals surface area contributed by atoms with E-state index in [0.717, 1.165) is 19.3 Å². The molecule has 0 aliphatic heterocycles. The highest BCUT2D eigenvalue weighted by atomic mass is 16.3. The van der Waals surface area contributed by atoms with Gasteiger partial charge in [0.25, 0.3) is 0 Å². The lowest BCUT2D eigenvalue weighted by atomic mass is 9.79. The normalized spacial score (nSPS) is 54.5. The van der Waals surface area contributed by atoms with E-state index in [4.69, 9.17) is 5.26 Å². The van der Waals surface area contributed by atoms with Gasteiger partial charge in [-0.15, -0.1) is 0 Å². The highest BCUT2D eigenvalue weighted by Crippen LogP contribution is 2.53. The van der Waals surface area contributed by atoms with Gasteiger partial charge < -0.3 is 5.11 Å². The summed E-state index contributed by atoms with van der Waals surface area (Å²) >= 11 is 0. The second kappa shape index (κ2) is 1.98. The Morgan fingerprint density at radius 3 is 2.64 bits per heavy atom. The molecule has 0 heterocycles. The maximum atomic E-state index is 9.84. The zero-order valence-corrected chi connectivity index (χ0v) is 6.75. The molecule has 4 unspecified atom stereocenters. The van der Waals surface area contributed by atoms with Crippen LogP contribution in [0, 0.1) is 29.1 Å². The van der Waals surface area contributed by atoms with E-state index < -0.39 is 5.60 Å². The van der Waals surface area contributed by atoms with Crippen molar-refractivity contribution in [2.75, 3.05) is 0 Å². The van der Waals surface area contributed by atoms with Crippen molar-refractivity contribution in [3.63, 3.8) is 0 Å². The topological polar surface area (TPSA) is 44.0 Å². The molecular weight excluding hydrogens is 138 g/mol. The van der Waals surface area contributed by atoms with Crippen LogP contribution in [0.3, 0.4) is 0 Å². The number of aliphatic hydroxyl groups is 1. The van der Waals surface area contributed by atoms with Crippen LogP contribution in [0.5, 0.6) is 0 Å². The van der Waals surface area contributed by atoms with Crippen LogP contribution >= 0.6 is 0 Å². The number of hydrogen-bond acceptors (Lipinski definition) is 2. The molecule has 0 radical (unpaired) electrons. The minimum Gasteiger partial charge on any atom is -0.390 e. The fourth-order valence-electron chi connectivity index (χ4n) is 2.88. The van der Waals surface area contributed by atoms with Gasteiger partial charge in [0.1, 0.15) is 0 Å². The van der Waals surface area contributed by atoms with Crippen molar-refractivity contribution < 1.29 is 5.11 Å². The SMILES string of the molecule is CC1(O)CC2CC(C#N)C1C2. The van der Waals surface area contributed by atoms with Crippen LogP contribution in [-0.2, 0) is 0 Å². The Morgan fingerprint density at radius 2 is 2.27 bits per heavy atom. The second-order valence-corrected chi connectivity index (χ2v) is 4.24. The average molecular weight is 151 g/mol. The maximum absolute atomic E-state index is 9.84. The summed E-state index contributed by atoms with van der Waals surface area (Å²) in [7, 11) is 0. The molecule has 2 saturated carbocycles. The van der Waals surface area contributed by atoms with Gasteiger partial charge >= 0.3 is 0 Å². The van der Waals surface area contributed by atoms with Crippen LogP contribution < -0.4 is 0 Å². The molecule has 60 valence electrons. The van der Waals surface area contributed by atoms with Crippen molar-refractivity contribution >= 4 is 0 Å². The number of nitriles is 1. The van der Waals surface area contributed by atoms with E-state index in [-0.39, 0.29) is 11.8 Å². The molecule has 4 atom stereocenters. The summed E-state index contributed by atoms with van der Waals surface area (Å²) in [5.41, 5.74) is -0.538. The number of rotatable bonds is 0. The molecule has 2 nitrogen and oxygen atoms in total. The van der Waals surface area contributed by atoms with Crippen LogP contribution in [0.2, 0.25) is 0 Å². The maximum Gasteiger partial charge on any atom is 0.0663 e. The molecule has 0 aromatic heterocycles. The van der Waals surface area contributed by atoms with Crippen LogP contribution in [0.1, 0.15) is 26.2 Å². The third-order valence-electron chi connectivity index (χ3n) is 3.33. The largest absolute Gasteiger partial charge is 0.390 e. The molecule has 0 saturated heterocycles. The summed E-state index contributed by atoms with van der Waals surface area (Å²) in [6, 6.07) is 2.29. The first-order valence-corrected chi connectivity index (χ1v) is 4.25. The molecule has 0 amide bonds. The molecule has 1 N–H and O–H groups in total. The van der Waals surface area contributed by atoms with Gasteiger partial charge in [-0.05, 0) is 32.1 Å². The smallest absolute Gasteiger partial charge is 0.0663 e. The van der Waals surface area contributed by atoms with Crippen molar-refractivity contribution in [3.05, 3.63) is 0 Å². The average Bonchev–Trinajstić information content (AvgIpc) is 2.41. The van der Waals surface area contributed by atoms with Gasteiger partial charge in [-0.1, -0.05) is 0 Å². The zero-order chi connectivity index (χ0) is 8.06. The van der Waals surface area contributed by atoms with E-state index >= 15 is 0 Å².